The average Bonchev–Trinajstić information content (AvgIpc) is 3.20. The maximum atomic E-state index is 4.36. The summed E-state index contributed by atoms with van der Waals surface area (Å²) < 4.78 is 0. The van der Waals surface area contributed by atoms with E-state index in [4.69, 9.17) is 0 Å². The molecule has 2 aliphatic carbocycles. The zero-order valence-corrected chi connectivity index (χ0v) is 12.2. The van der Waals surface area contributed by atoms with Crippen LogP contribution in [0.4, 0.5) is 5.69 Å². The Kier molecular flexibility index (Phi) is 3.39. The van der Waals surface area contributed by atoms with Crippen molar-refractivity contribution < 1.29 is 0 Å². The molecule has 0 bridgehead atoms. The number of nitrogens with zero attached hydrogens (tertiary/aromatic N) is 2. The van der Waals surface area contributed by atoms with E-state index in [-0.39, 0.29) is 0 Å². The second-order valence-corrected chi connectivity index (χ2v) is 6.75. The molecule has 1 N–H and O–H groups in total. The van der Waals surface area contributed by atoms with Gasteiger partial charge in [-0.25, -0.2) is 0 Å². The maximum absolute atomic E-state index is 4.36. The molecule has 3 aliphatic rings. The molecule has 2 heterocycles. The van der Waals surface area contributed by atoms with E-state index in [1.165, 1.54) is 62.7 Å². The van der Waals surface area contributed by atoms with Crippen LogP contribution in [0.15, 0.2) is 18.5 Å². The second kappa shape index (κ2) is 5.36. The molecule has 0 aromatic carbocycles. The first kappa shape index (κ1) is 12.6. The fourth-order valence-electron chi connectivity index (χ4n) is 4.13. The van der Waals surface area contributed by atoms with Crippen molar-refractivity contribution in [3.63, 3.8) is 0 Å². The van der Waals surface area contributed by atoms with Gasteiger partial charge in [0.2, 0.25) is 0 Å². The molecule has 1 saturated heterocycles. The Hall–Kier alpha value is -1.09. The molecule has 1 aliphatic heterocycles. The summed E-state index contributed by atoms with van der Waals surface area (Å²) in [5.41, 5.74) is 2.84. The Morgan fingerprint density at radius 3 is 2.95 bits per heavy atom. The molecule has 3 fully saturated rings. The zero-order chi connectivity index (χ0) is 13.4. The number of fused-ring (bicyclic) bond motifs is 1. The Bertz CT molecular complexity index is 469. The Labute approximate surface area is 121 Å². The van der Waals surface area contributed by atoms with Crippen molar-refractivity contribution in [2.75, 3.05) is 11.4 Å². The molecule has 3 heteroatoms. The van der Waals surface area contributed by atoms with Crippen LogP contribution < -0.4 is 10.2 Å². The highest BCUT2D eigenvalue weighted by Crippen LogP contribution is 2.39. The van der Waals surface area contributed by atoms with Crippen LogP contribution in [0.3, 0.4) is 0 Å². The largest absolute Gasteiger partial charge is 0.368 e. The summed E-state index contributed by atoms with van der Waals surface area (Å²) in [5, 5.41) is 3.65. The monoisotopic (exact) mass is 271 g/mol. The van der Waals surface area contributed by atoms with Crippen LogP contribution in [-0.4, -0.2) is 23.6 Å². The van der Waals surface area contributed by atoms with Crippen LogP contribution in [0.25, 0.3) is 0 Å². The third kappa shape index (κ3) is 2.44. The van der Waals surface area contributed by atoms with Crippen molar-refractivity contribution in [1.29, 1.82) is 0 Å². The number of rotatable bonds is 4. The average molecular weight is 271 g/mol. The van der Waals surface area contributed by atoms with Crippen molar-refractivity contribution in [1.82, 2.24) is 10.3 Å². The molecule has 1 aromatic rings. The predicted molar refractivity (Wildman–Crippen MR) is 81.8 cm³/mol. The highest BCUT2D eigenvalue weighted by molar-refractivity contribution is 5.54. The van der Waals surface area contributed by atoms with Gasteiger partial charge >= 0.3 is 0 Å². The lowest BCUT2D eigenvalue weighted by atomic mass is 9.91. The van der Waals surface area contributed by atoms with E-state index in [2.05, 4.69) is 27.5 Å². The summed E-state index contributed by atoms with van der Waals surface area (Å²) in [5.74, 6) is 0.946. The van der Waals surface area contributed by atoms with Crippen LogP contribution in [0.1, 0.15) is 50.5 Å². The molecule has 0 amide bonds. The van der Waals surface area contributed by atoms with Gasteiger partial charge in [-0.3, -0.25) is 4.98 Å². The SMILES string of the molecule is c1cc(N2CCCC3CCCC32)c(CNC2CC2)cn1. The van der Waals surface area contributed by atoms with Crippen molar-refractivity contribution in [3.05, 3.63) is 24.0 Å². The third-order valence-corrected chi connectivity index (χ3v) is 5.34. The van der Waals surface area contributed by atoms with E-state index in [0.717, 1.165) is 24.5 Å². The van der Waals surface area contributed by atoms with Crippen LogP contribution in [0, 0.1) is 5.92 Å². The van der Waals surface area contributed by atoms with Crippen molar-refractivity contribution in [3.8, 4) is 0 Å². The number of hydrogen-bond donors (Lipinski definition) is 1. The van der Waals surface area contributed by atoms with E-state index < -0.39 is 0 Å². The number of piperidine rings is 1. The molecule has 2 saturated carbocycles. The van der Waals surface area contributed by atoms with Gasteiger partial charge in [-0.05, 0) is 50.5 Å². The standard InChI is InChI=1S/C17H25N3/c1-3-13-4-2-10-20(16(13)5-1)17-8-9-18-11-14(17)12-19-15-6-7-15/h8-9,11,13,15-16,19H,1-7,10,12H2. The first-order valence-electron chi connectivity index (χ1n) is 8.35. The fraction of sp³-hybridized carbons (Fsp3) is 0.706. The molecule has 2 unspecified atom stereocenters. The van der Waals surface area contributed by atoms with Gasteiger partial charge in [0.05, 0.1) is 0 Å². The van der Waals surface area contributed by atoms with Gasteiger partial charge in [-0.1, -0.05) is 6.42 Å². The zero-order valence-electron chi connectivity index (χ0n) is 12.2. The molecular formula is C17H25N3. The Morgan fingerprint density at radius 1 is 1.15 bits per heavy atom. The van der Waals surface area contributed by atoms with E-state index >= 15 is 0 Å². The quantitative estimate of drug-likeness (QED) is 0.912. The fourth-order valence-corrected chi connectivity index (χ4v) is 4.13. The van der Waals surface area contributed by atoms with Gasteiger partial charge < -0.3 is 10.2 Å². The number of hydrogen-bond acceptors (Lipinski definition) is 3. The Morgan fingerprint density at radius 2 is 2.05 bits per heavy atom. The summed E-state index contributed by atoms with van der Waals surface area (Å²) in [6.07, 6.45) is 13.8. The van der Waals surface area contributed by atoms with E-state index in [1.54, 1.807) is 0 Å². The predicted octanol–water partition coefficient (Wildman–Crippen LogP) is 3.10. The number of aromatic nitrogens is 1. The first-order valence-corrected chi connectivity index (χ1v) is 8.35. The Balaban J connectivity index is 1.56. The van der Waals surface area contributed by atoms with Crippen molar-refractivity contribution in [2.45, 2.75) is 63.6 Å². The summed E-state index contributed by atoms with van der Waals surface area (Å²) in [4.78, 5) is 7.06. The lowest BCUT2D eigenvalue weighted by molar-refractivity contribution is 0.361. The van der Waals surface area contributed by atoms with Crippen LogP contribution >= 0.6 is 0 Å². The minimum atomic E-state index is 0.767. The summed E-state index contributed by atoms with van der Waals surface area (Å²) in [6, 6.07) is 3.81. The van der Waals surface area contributed by atoms with Gasteiger partial charge in [-0.2, -0.15) is 0 Å². The molecule has 0 radical (unpaired) electrons. The summed E-state index contributed by atoms with van der Waals surface area (Å²) >= 11 is 0. The van der Waals surface area contributed by atoms with Crippen LogP contribution in [-0.2, 0) is 6.54 Å². The third-order valence-electron chi connectivity index (χ3n) is 5.34. The molecule has 1 aromatic heterocycles. The maximum Gasteiger partial charge on any atom is 0.0445 e. The second-order valence-electron chi connectivity index (χ2n) is 6.75. The first-order chi connectivity index (χ1) is 9.92. The van der Waals surface area contributed by atoms with Gasteiger partial charge in [0.25, 0.3) is 0 Å². The highest BCUT2D eigenvalue weighted by Gasteiger charge is 2.35. The molecule has 2 atom stereocenters. The lowest BCUT2D eigenvalue weighted by Gasteiger charge is -2.40. The molecule has 108 valence electrons. The lowest BCUT2D eigenvalue weighted by Crippen LogP contribution is -2.43. The highest BCUT2D eigenvalue weighted by atomic mass is 15.2. The molecular weight excluding hydrogens is 246 g/mol. The van der Waals surface area contributed by atoms with Gasteiger partial charge in [0.1, 0.15) is 0 Å². The summed E-state index contributed by atoms with van der Waals surface area (Å²) in [6.45, 7) is 2.23. The van der Waals surface area contributed by atoms with Gasteiger partial charge in [-0.15, -0.1) is 0 Å². The topological polar surface area (TPSA) is 28.2 Å². The van der Waals surface area contributed by atoms with E-state index in [9.17, 15) is 0 Å². The molecule has 0 spiro atoms. The number of pyridine rings is 1. The van der Waals surface area contributed by atoms with Crippen LogP contribution in [0.5, 0.6) is 0 Å². The number of nitrogens with one attached hydrogen (secondary N) is 1. The van der Waals surface area contributed by atoms with Crippen molar-refractivity contribution >= 4 is 5.69 Å². The summed E-state index contributed by atoms with van der Waals surface area (Å²) in [7, 11) is 0. The minimum absolute atomic E-state index is 0.767. The molecule has 20 heavy (non-hydrogen) atoms. The van der Waals surface area contributed by atoms with Crippen LogP contribution in [0.2, 0.25) is 0 Å². The normalized spacial score (nSPS) is 29.5. The molecule has 4 rings (SSSR count). The minimum Gasteiger partial charge on any atom is -0.368 e. The van der Waals surface area contributed by atoms with Gasteiger partial charge in [0.15, 0.2) is 0 Å². The van der Waals surface area contributed by atoms with E-state index in [0.29, 0.717) is 0 Å². The number of anilines is 1. The van der Waals surface area contributed by atoms with E-state index in [1.807, 2.05) is 6.20 Å². The van der Waals surface area contributed by atoms with Crippen molar-refractivity contribution in [2.24, 2.45) is 5.92 Å². The smallest absolute Gasteiger partial charge is 0.0445 e. The van der Waals surface area contributed by atoms with Gasteiger partial charge in [0, 0.05) is 48.8 Å². The molecule has 3 nitrogen and oxygen atoms in total.